The number of benzene rings is 1. The maximum atomic E-state index is 13.5. The molecule has 11 heteroatoms. The summed E-state index contributed by atoms with van der Waals surface area (Å²) in [6.45, 7) is 1.80. The van der Waals surface area contributed by atoms with E-state index >= 15 is 0 Å². The van der Waals surface area contributed by atoms with Crippen LogP contribution < -0.4 is 10.9 Å². The Morgan fingerprint density at radius 1 is 1.37 bits per heavy atom. The SMILES string of the molecule is Cc1cc(S(=O)(=O)N(CC(=O)Nc2ccn(C)c(=O)c2)C2COC2)c2[nH]ncc2c1. The van der Waals surface area contributed by atoms with Crippen LogP contribution in [0.5, 0.6) is 0 Å². The van der Waals surface area contributed by atoms with Crippen LogP contribution in [0.2, 0.25) is 0 Å². The molecule has 0 radical (unpaired) electrons. The molecular formula is C19H21N5O5S. The molecule has 3 aromatic rings. The van der Waals surface area contributed by atoms with Crippen molar-refractivity contribution in [1.82, 2.24) is 19.1 Å². The maximum absolute atomic E-state index is 13.5. The van der Waals surface area contributed by atoms with Gasteiger partial charge in [0.25, 0.3) is 5.56 Å². The van der Waals surface area contributed by atoms with Gasteiger partial charge in [0.2, 0.25) is 15.9 Å². The summed E-state index contributed by atoms with van der Waals surface area (Å²) in [6.07, 6.45) is 3.08. The number of hydrogen-bond donors (Lipinski definition) is 2. The number of aryl methyl sites for hydroxylation is 2. The van der Waals surface area contributed by atoms with Crippen molar-refractivity contribution in [3.05, 3.63) is 52.6 Å². The predicted octanol–water partition coefficient (Wildman–Crippen LogP) is 0.598. The Hall–Kier alpha value is -3.02. The minimum absolute atomic E-state index is 0.0586. The molecule has 1 fully saturated rings. The highest BCUT2D eigenvalue weighted by Crippen LogP contribution is 2.28. The molecule has 2 N–H and O–H groups in total. The van der Waals surface area contributed by atoms with E-state index in [1.165, 1.54) is 16.8 Å². The normalized spacial score (nSPS) is 14.8. The van der Waals surface area contributed by atoms with Crippen molar-refractivity contribution in [3.8, 4) is 0 Å². The van der Waals surface area contributed by atoms with Gasteiger partial charge in [-0.3, -0.25) is 14.7 Å². The molecule has 0 unspecified atom stereocenters. The molecule has 0 aliphatic carbocycles. The number of nitrogens with one attached hydrogen (secondary N) is 2. The number of rotatable bonds is 6. The van der Waals surface area contributed by atoms with Gasteiger partial charge in [0, 0.05) is 30.4 Å². The van der Waals surface area contributed by atoms with Gasteiger partial charge in [-0.1, -0.05) is 0 Å². The number of nitrogens with zero attached hydrogens (tertiary/aromatic N) is 3. The molecule has 1 saturated heterocycles. The Balaban J connectivity index is 1.65. The Labute approximate surface area is 172 Å². The summed E-state index contributed by atoms with van der Waals surface area (Å²) in [7, 11) is -2.43. The summed E-state index contributed by atoms with van der Waals surface area (Å²) in [5.41, 5.74) is 1.16. The highest BCUT2D eigenvalue weighted by Gasteiger charge is 2.38. The molecule has 1 amide bonds. The van der Waals surface area contributed by atoms with Gasteiger partial charge in [0.15, 0.2) is 0 Å². The van der Waals surface area contributed by atoms with Gasteiger partial charge in [-0.25, -0.2) is 8.42 Å². The number of pyridine rings is 1. The molecular weight excluding hydrogens is 410 g/mol. The predicted molar refractivity (Wildman–Crippen MR) is 110 cm³/mol. The second-order valence-corrected chi connectivity index (χ2v) is 9.11. The summed E-state index contributed by atoms with van der Waals surface area (Å²) in [5.74, 6) is -0.549. The number of fused-ring (bicyclic) bond motifs is 1. The average molecular weight is 431 g/mol. The zero-order valence-electron chi connectivity index (χ0n) is 16.5. The number of aromatic amines is 1. The van der Waals surface area contributed by atoms with Gasteiger partial charge in [-0.05, 0) is 30.7 Å². The molecule has 1 aliphatic heterocycles. The van der Waals surface area contributed by atoms with Crippen LogP contribution in [0, 0.1) is 6.92 Å². The van der Waals surface area contributed by atoms with Crippen molar-refractivity contribution in [2.45, 2.75) is 17.9 Å². The van der Waals surface area contributed by atoms with Gasteiger partial charge in [0.05, 0.1) is 37.5 Å². The molecule has 1 aliphatic rings. The summed E-state index contributed by atoms with van der Waals surface area (Å²) in [4.78, 5) is 24.5. The zero-order valence-corrected chi connectivity index (χ0v) is 17.3. The van der Waals surface area contributed by atoms with Crippen LogP contribution in [0.15, 0.2) is 46.3 Å². The van der Waals surface area contributed by atoms with Crippen molar-refractivity contribution in [2.24, 2.45) is 7.05 Å². The van der Waals surface area contributed by atoms with Crippen LogP contribution in [0.4, 0.5) is 5.69 Å². The quantitative estimate of drug-likeness (QED) is 0.589. The van der Waals surface area contributed by atoms with E-state index in [9.17, 15) is 18.0 Å². The number of anilines is 1. The third-order valence-electron chi connectivity index (χ3n) is 4.96. The van der Waals surface area contributed by atoms with Gasteiger partial charge in [-0.15, -0.1) is 0 Å². The van der Waals surface area contributed by atoms with Gasteiger partial charge >= 0.3 is 0 Å². The second kappa shape index (κ2) is 7.67. The Bertz CT molecular complexity index is 1280. The number of H-pyrrole nitrogens is 1. The third-order valence-corrected chi connectivity index (χ3v) is 6.88. The Morgan fingerprint density at radius 2 is 2.13 bits per heavy atom. The highest BCUT2D eigenvalue weighted by atomic mass is 32.2. The second-order valence-electron chi connectivity index (χ2n) is 7.25. The van der Waals surface area contributed by atoms with Gasteiger partial charge in [-0.2, -0.15) is 9.40 Å². The molecule has 10 nitrogen and oxygen atoms in total. The lowest BCUT2D eigenvalue weighted by Gasteiger charge is -2.36. The first-order valence-corrected chi connectivity index (χ1v) is 10.7. The van der Waals surface area contributed by atoms with Crippen LogP contribution in [0.25, 0.3) is 10.9 Å². The van der Waals surface area contributed by atoms with E-state index in [1.54, 1.807) is 32.3 Å². The first-order valence-electron chi connectivity index (χ1n) is 9.25. The number of hydrogen-bond acceptors (Lipinski definition) is 6. The summed E-state index contributed by atoms with van der Waals surface area (Å²) in [6, 6.07) is 5.78. The molecule has 0 bridgehead atoms. The standard InChI is InChI=1S/C19H21N5O5S/c1-12-5-13-8-20-22-19(13)16(6-12)30(27,28)24(15-10-29-11-15)9-17(25)21-14-3-4-23(2)18(26)7-14/h3-8,15H,9-11H2,1-2H3,(H,20,22)(H,21,25). The number of sulfonamides is 1. The molecule has 0 spiro atoms. The number of ether oxygens (including phenoxy) is 1. The minimum atomic E-state index is -4.03. The van der Waals surface area contributed by atoms with Crippen LogP contribution in [0.1, 0.15) is 5.56 Å². The molecule has 0 saturated carbocycles. The van der Waals surface area contributed by atoms with Crippen LogP contribution in [-0.4, -0.2) is 59.2 Å². The van der Waals surface area contributed by atoms with Gasteiger partial charge < -0.3 is 14.6 Å². The first kappa shape index (κ1) is 20.3. The monoisotopic (exact) mass is 431 g/mol. The molecule has 1 aromatic carbocycles. The van der Waals surface area contributed by atoms with E-state index in [0.717, 1.165) is 9.87 Å². The molecule has 3 heterocycles. The van der Waals surface area contributed by atoms with E-state index in [0.29, 0.717) is 16.6 Å². The minimum Gasteiger partial charge on any atom is -0.378 e. The molecule has 0 atom stereocenters. The van der Waals surface area contributed by atoms with E-state index in [1.807, 2.05) is 6.07 Å². The topological polar surface area (TPSA) is 126 Å². The fourth-order valence-corrected chi connectivity index (χ4v) is 5.08. The van der Waals surface area contributed by atoms with Crippen LogP contribution >= 0.6 is 0 Å². The first-order chi connectivity index (χ1) is 14.3. The van der Waals surface area contributed by atoms with Gasteiger partial charge in [0.1, 0.15) is 4.90 Å². The van der Waals surface area contributed by atoms with E-state index in [-0.39, 0.29) is 23.7 Å². The summed E-state index contributed by atoms with van der Waals surface area (Å²) in [5, 5.41) is 9.94. The number of amides is 1. The van der Waals surface area contributed by atoms with E-state index in [2.05, 4.69) is 15.5 Å². The molecule has 30 heavy (non-hydrogen) atoms. The fourth-order valence-electron chi connectivity index (χ4n) is 3.27. The highest BCUT2D eigenvalue weighted by molar-refractivity contribution is 7.89. The number of carbonyl (C=O) groups excluding carboxylic acids is 1. The fraction of sp³-hybridized carbons (Fsp3) is 0.316. The van der Waals surface area contributed by atoms with Crippen LogP contribution in [0.3, 0.4) is 0 Å². The maximum Gasteiger partial charge on any atom is 0.252 e. The lowest BCUT2D eigenvalue weighted by atomic mass is 10.2. The zero-order chi connectivity index (χ0) is 21.5. The van der Waals surface area contributed by atoms with Crippen molar-refractivity contribution in [3.63, 3.8) is 0 Å². The van der Waals surface area contributed by atoms with Crippen molar-refractivity contribution >= 4 is 32.5 Å². The molecule has 2 aromatic heterocycles. The van der Waals surface area contributed by atoms with Crippen molar-refractivity contribution in [2.75, 3.05) is 25.1 Å². The third kappa shape index (κ3) is 3.74. The van der Waals surface area contributed by atoms with Crippen molar-refractivity contribution < 1.29 is 17.9 Å². The van der Waals surface area contributed by atoms with E-state index in [4.69, 9.17) is 4.74 Å². The molecule has 4 rings (SSSR count). The summed E-state index contributed by atoms with van der Waals surface area (Å²) < 4.78 is 34.7. The number of aromatic nitrogens is 3. The van der Waals surface area contributed by atoms with E-state index < -0.39 is 28.5 Å². The molecule has 158 valence electrons. The smallest absolute Gasteiger partial charge is 0.252 e. The van der Waals surface area contributed by atoms with Crippen LogP contribution in [-0.2, 0) is 26.6 Å². The summed E-state index contributed by atoms with van der Waals surface area (Å²) >= 11 is 0. The largest absolute Gasteiger partial charge is 0.378 e. The average Bonchev–Trinajstić information content (AvgIpc) is 3.10. The lowest BCUT2D eigenvalue weighted by molar-refractivity contribution is -0.118. The van der Waals surface area contributed by atoms with Crippen molar-refractivity contribution in [1.29, 1.82) is 0 Å². The Kier molecular flexibility index (Phi) is 5.18. The number of carbonyl (C=O) groups is 1. The lowest BCUT2D eigenvalue weighted by Crippen LogP contribution is -2.53. The Morgan fingerprint density at radius 3 is 2.80 bits per heavy atom.